The number of rotatable bonds is 5. The van der Waals surface area contributed by atoms with E-state index >= 15 is 0 Å². The Bertz CT molecular complexity index is 279. The van der Waals surface area contributed by atoms with Gasteiger partial charge in [0.05, 0.1) is 0 Å². The van der Waals surface area contributed by atoms with Gasteiger partial charge in [-0.25, -0.2) is 0 Å². The number of phenolic OH excluding ortho intramolecular Hbond substituents is 1. The third-order valence-electron chi connectivity index (χ3n) is 2.48. The predicted molar refractivity (Wildman–Crippen MR) is 65.5 cm³/mol. The van der Waals surface area contributed by atoms with Gasteiger partial charge in [0, 0.05) is 5.88 Å². The van der Waals surface area contributed by atoms with E-state index in [4.69, 9.17) is 16.7 Å². The smallest absolute Gasteiger partial charge is 0.115 e. The van der Waals surface area contributed by atoms with Crippen molar-refractivity contribution in [1.29, 1.82) is 0 Å². The Hall–Kier alpha value is -0.690. The van der Waals surface area contributed by atoms with E-state index in [0.29, 0.717) is 23.5 Å². The lowest BCUT2D eigenvalue weighted by Crippen LogP contribution is -2.09. The van der Waals surface area contributed by atoms with Gasteiger partial charge in [-0.2, -0.15) is 0 Å². The first-order valence-corrected chi connectivity index (χ1v) is 5.99. The SMILES string of the molecule is CC(C)CC(CCl)Cc1ccc(O)cc1. The highest BCUT2D eigenvalue weighted by Gasteiger charge is 2.10. The summed E-state index contributed by atoms with van der Waals surface area (Å²) in [4.78, 5) is 0. The molecule has 84 valence electrons. The molecule has 1 rings (SSSR count). The summed E-state index contributed by atoms with van der Waals surface area (Å²) < 4.78 is 0. The molecule has 0 aliphatic rings. The lowest BCUT2D eigenvalue weighted by molar-refractivity contribution is 0.440. The molecule has 0 aromatic heterocycles. The Kier molecular flexibility index (Phi) is 4.97. The molecule has 1 nitrogen and oxygen atoms in total. The molecule has 0 heterocycles. The van der Waals surface area contributed by atoms with Crippen molar-refractivity contribution in [2.45, 2.75) is 26.7 Å². The second kappa shape index (κ2) is 6.02. The Balaban J connectivity index is 2.54. The van der Waals surface area contributed by atoms with E-state index in [1.165, 1.54) is 5.56 Å². The zero-order valence-electron chi connectivity index (χ0n) is 9.41. The van der Waals surface area contributed by atoms with E-state index in [2.05, 4.69) is 13.8 Å². The summed E-state index contributed by atoms with van der Waals surface area (Å²) in [6.45, 7) is 4.44. The highest BCUT2D eigenvalue weighted by Crippen LogP contribution is 2.20. The van der Waals surface area contributed by atoms with Crippen molar-refractivity contribution in [3.63, 3.8) is 0 Å². The first-order valence-electron chi connectivity index (χ1n) is 5.45. The van der Waals surface area contributed by atoms with Crippen LogP contribution in [-0.2, 0) is 6.42 Å². The summed E-state index contributed by atoms with van der Waals surface area (Å²) in [5.41, 5.74) is 1.25. The van der Waals surface area contributed by atoms with E-state index in [9.17, 15) is 0 Å². The number of hydrogen-bond donors (Lipinski definition) is 1. The van der Waals surface area contributed by atoms with Gasteiger partial charge in [0.25, 0.3) is 0 Å². The van der Waals surface area contributed by atoms with Crippen molar-refractivity contribution in [3.8, 4) is 5.75 Å². The Morgan fingerprint density at radius 1 is 1.20 bits per heavy atom. The molecule has 0 fully saturated rings. The first kappa shape index (κ1) is 12.4. The molecule has 1 atom stereocenters. The quantitative estimate of drug-likeness (QED) is 0.757. The van der Waals surface area contributed by atoms with Crippen molar-refractivity contribution < 1.29 is 5.11 Å². The van der Waals surface area contributed by atoms with Gasteiger partial charge in [-0.1, -0.05) is 26.0 Å². The maximum Gasteiger partial charge on any atom is 0.115 e. The molecular formula is C13H19ClO. The average Bonchev–Trinajstić information content (AvgIpc) is 2.19. The number of halogens is 1. The van der Waals surface area contributed by atoms with Gasteiger partial charge < -0.3 is 5.11 Å². The van der Waals surface area contributed by atoms with Crippen LogP contribution in [0.1, 0.15) is 25.8 Å². The molecule has 0 radical (unpaired) electrons. The topological polar surface area (TPSA) is 20.2 Å². The molecule has 0 bridgehead atoms. The van der Waals surface area contributed by atoms with Crippen LogP contribution < -0.4 is 0 Å². The number of phenols is 1. The van der Waals surface area contributed by atoms with Crippen LogP contribution in [0.4, 0.5) is 0 Å². The molecule has 0 aliphatic heterocycles. The summed E-state index contributed by atoms with van der Waals surface area (Å²) in [5.74, 6) is 2.26. The lowest BCUT2D eigenvalue weighted by Gasteiger charge is -2.16. The molecule has 0 saturated carbocycles. The highest BCUT2D eigenvalue weighted by molar-refractivity contribution is 6.18. The fourth-order valence-corrected chi connectivity index (χ4v) is 2.07. The molecule has 0 aliphatic carbocycles. The fraction of sp³-hybridized carbons (Fsp3) is 0.538. The molecule has 0 spiro atoms. The number of alkyl halides is 1. The van der Waals surface area contributed by atoms with Crippen molar-refractivity contribution in [2.75, 3.05) is 5.88 Å². The monoisotopic (exact) mass is 226 g/mol. The van der Waals surface area contributed by atoms with Crippen LogP contribution in [-0.4, -0.2) is 11.0 Å². The van der Waals surface area contributed by atoms with Gasteiger partial charge >= 0.3 is 0 Å². The van der Waals surface area contributed by atoms with Crippen LogP contribution >= 0.6 is 11.6 Å². The minimum Gasteiger partial charge on any atom is -0.508 e. The van der Waals surface area contributed by atoms with Crippen LogP contribution in [0, 0.1) is 11.8 Å². The van der Waals surface area contributed by atoms with Crippen LogP contribution in [0.2, 0.25) is 0 Å². The fourth-order valence-electron chi connectivity index (χ4n) is 1.83. The summed E-state index contributed by atoms with van der Waals surface area (Å²) in [6.07, 6.45) is 2.16. The van der Waals surface area contributed by atoms with Crippen molar-refractivity contribution in [2.24, 2.45) is 11.8 Å². The Labute approximate surface area is 97.1 Å². The van der Waals surface area contributed by atoms with Gasteiger partial charge in [0.2, 0.25) is 0 Å². The van der Waals surface area contributed by atoms with Crippen molar-refractivity contribution in [3.05, 3.63) is 29.8 Å². The van der Waals surface area contributed by atoms with E-state index in [1.807, 2.05) is 12.1 Å². The molecular weight excluding hydrogens is 208 g/mol. The number of benzene rings is 1. The minimum atomic E-state index is 0.324. The maximum absolute atomic E-state index is 9.17. The van der Waals surface area contributed by atoms with Crippen molar-refractivity contribution >= 4 is 11.6 Å². The van der Waals surface area contributed by atoms with Gasteiger partial charge in [-0.15, -0.1) is 11.6 Å². The second-order valence-corrected chi connectivity index (χ2v) is 4.83. The summed E-state index contributed by atoms with van der Waals surface area (Å²) >= 11 is 5.94. The molecule has 0 amide bonds. The van der Waals surface area contributed by atoms with Gasteiger partial charge in [0.15, 0.2) is 0 Å². The zero-order valence-corrected chi connectivity index (χ0v) is 10.2. The average molecular weight is 227 g/mol. The van der Waals surface area contributed by atoms with Crippen molar-refractivity contribution in [1.82, 2.24) is 0 Å². The zero-order chi connectivity index (χ0) is 11.3. The minimum absolute atomic E-state index is 0.324. The number of hydrogen-bond acceptors (Lipinski definition) is 1. The highest BCUT2D eigenvalue weighted by atomic mass is 35.5. The predicted octanol–water partition coefficient (Wildman–Crippen LogP) is 3.84. The van der Waals surface area contributed by atoms with Crippen LogP contribution in [0.5, 0.6) is 5.75 Å². The third-order valence-corrected chi connectivity index (χ3v) is 2.92. The Morgan fingerprint density at radius 3 is 2.27 bits per heavy atom. The van der Waals surface area contributed by atoms with Gasteiger partial charge in [0.1, 0.15) is 5.75 Å². The lowest BCUT2D eigenvalue weighted by atomic mass is 9.92. The largest absolute Gasteiger partial charge is 0.508 e. The van der Waals surface area contributed by atoms with Crippen LogP contribution in [0.25, 0.3) is 0 Å². The van der Waals surface area contributed by atoms with E-state index in [-0.39, 0.29) is 0 Å². The third kappa shape index (κ3) is 4.57. The number of aromatic hydroxyl groups is 1. The molecule has 1 aromatic rings. The van der Waals surface area contributed by atoms with Gasteiger partial charge in [-0.3, -0.25) is 0 Å². The standard InChI is InChI=1S/C13H19ClO/c1-10(2)7-12(9-14)8-11-3-5-13(15)6-4-11/h3-6,10,12,15H,7-9H2,1-2H3. The molecule has 0 saturated heterocycles. The molecule has 2 heteroatoms. The summed E-state index contributed by atoms with van der Waals surface area (Å²) in [7, 11) is 0. The van der Waals surface area contributed by atoms with Gasteiger partial charge in [-0.05, 0) is 42.4 Å². The molecule has 1 unspecified atom stereocenters. The second-order valence-electron chi connectivity index (χ2n) is 4.52. The van der Waals surface area contributed by atoms with E-state index in [1.54, 1.807) is 12.1 Å². The van der Waals surface area contributed by atoms with E-state index < -0.39 is 0 Å². The van der Waals surface area contributed by atoms with E-state index in [0.717, 1.165) is 12.8 Å². The maximum atomic E-state index is 9.17. The Morgan fingerprint density at radius 2 is 1.80 bits per heavy atom. The molecule has 1 aromatic carbocycles. The summed E-state index contributed by atoms with van der Waals surface area (Å²) in [6, 6.07) is 7.40. The molecule has 1 N–H and O–H groups in total. The summed E-state index contributed by atoms with van der Waals surface area (Å²) in [5, 5.41) is 9.17. The first-order chi connectivity index (χ1) is 7.11. The molecule has 15 heavy (non-hydrogen) atoms. The van der Waals surface area contributed by atoms with Crippen LogP contribution in [0.15, 0.2) is 24.3 Å². The normalized spacial score (nSPS) is 13.1. The van der Waals surface area contributed by atoms with Crippen LogP contribution in [0.3, 0.4) is 0 Å².